The number of aromatic nitrogens is 4. The molecular weight excluding hydrogens is 713 g/mol. The number of nitrogens with one attached hydrogen (secondary N) is 4. The number of carboxylic acid groups (broad SMARTS) is 1. The summed E-state index contributed by atoms with van der Waals surface area (Å²) in [6.45, 7) is 1.45. The molecule has 2 saturated heterocycles. The van der Waals surface area contributed by atoms with E-state index in [9.17, 15) is 41.4 Å². The average Bonchev–Trinajstić information content (AvgIpc) is 3.44. The van der Waals surface area contributed by atoms with Crippen molar-refractivity contribution in [2.45, 2.75) is 55.6 Å². The van der Waals surface area contributed by atoms with Crippen molar-refractivity contribution in [1.82, 2.24) is 40.2 Å². The second-order valence-corrected chi connectivity index (χ2v) is 12.6. The molecule has 0 radical (unpaired) electrons. The first-order chi connectivity index (χ1) is 24.0. The van der Waals surface area contributed by atoms with Crippen molar-refractivity contribution < 1.29 is 51.3 Å². The van der Waals surface area contributed by atoms with Gasteiger partial charge in [0.2, 0.25) is 0 Å². The van der Waals surface area contributed by atoms with Gasteiger partial charge >= 0.3 is 12.2 Å². The Morgan fingerprint density at radius 2 is 1.78 bits per heavy atom. The summed E-state index contributed by atoms with van der Waals surface area (Å²) in [7, 11) is 1.30. The summed E-state index contributed by atoms with van der Waals surface area (Å²) in [6.07, 6.45) is -3.33. The molecular formula is C30H33ClF5N9O6. The van der Waals surface area contributed by atoms with Crippen LogP contribution in [0.4, 0.5) is 32.4 Å². The smallest absolute Gasteiger partial charge is 0.435 e. The van der Waals surface area contributed by atoms with E-state index in [0.717, 1.165) is 17.0 Å². The van der Waals surface area contributed by atoms with Crippen molar-refractivity contribution in [2.75, 3.05) is 31.5 Å². The van der Waals surface area contributed by atoms with Gasteiger partial charge in [-0.25, -0.2) is 18.6 Å². The maximum Gasteiger partial charge on any atom is 0.435 e. The number of halogens is 6. The number of amides is 4. The topological polar surface area (TPSA) is 196 Å². The fourth-order valence-corrected chi connectivity index (χ4v) is 6.09. The van der Waals surface area contributed by atoms with Gasteiger partial charge in [-0.2, -0.15) is 18.3 Å². The zero-order valence-electron chi connectivity index (χ0n) is 26.8. The van der Waals surface area contributed by atoms with Crippen molar-refractivity contribution in [3.63, 3.8) is 0 Å². The van der Waals surface area contributed by atoms with Gasteiger partial charge in [0, 0.05) is 57.6 Å². The zero-order chi connectivity index (χ0) is 37.2. The maximum absolute atomic E-state index is 13.7. The zero-order valence-corrected chi connectivity index (χ0v) is 27.5. The Labute approximate surface area is 291 Å². The summed E-state index contributed by atoms with van der Waals surface area (Å²) < 4.78 is 70.0. The summed E-state index contributed by atoms with van der Waals surface area (Å²) in [5.41, 5.74) is -1.74. The third-order valence-electron chi connectivity index (χ3n) is 8.66. The Balaban J connectivity index is 0.00000162. The molecule has 3 aliphatic rings. The highest BCUT2D eigenvalue weighted by Gasteiger charge is 2.59. The van der Waals surface area contributed by atoms with E-state index in [0.29, 0.717) is 43.7 Å². The Kier molecular flexibility index (Phi) is 10.9. The van der Waals surface area contributed by atoms with E-state index < -0.39 is 53.7 Å². The number of carbonyl (C=O) groups excluding carboxylic acids is 3. The van der Waals surface area contributed by atoms with E-state index in [-0.39, 0.29) is 52.4 Å². The maximum atomic E-state index is 13.7. The van der Waals surface area contributed by atoms with E-state index in [2.05, 4.69) is 31.3 Å². The normalized spacial score (nSPS) is 21.3. The Hall–Kier alpha value is -4.82. The largest absolute Gasteiger partial charge is 0.483 e. The fraction of sp³-hybridized carbons (Fsp3) is 0.467. The lowest BCUT2D eigenvalue weighted by molar-refractivity contribution is -0.141. The summed E-state index contributed by atoms with van der Waals surface area (Å²) in [5, 5.41) is 31.4. The van der Waals surface area contributed by atoms with Crippen molar-refractivity contribution >= 4 is 41.6 Å². The van der Waals surface area contributed by atoms with Crippen LogP contribution in [-0.4, -0.2) is 109 Å². The number of anilines is 1. The Morgan fingerprint density at radius 1 is 1.12 bits per heavy atom. The average molecular weight is 746 g/mol. The van der Waals surface area contributed by atoms with Gasteiger partial charge in [0.1, 0.15) is 6.04 Å². The molecule has 1 saturated carbocycles. The van der Waals surface area contributed by atoms with Crippen LogP contribution in [0.5, 0.6) is 0 Å². The van der Waals surface area contributed by atoms with Crippen LogP contribution in [0.25, 0.3) is 11.3 Å². The van der Waals surface area contributed by atoms with Crippen LogP contribution in [0.2, 0.25) is 5.02 Å². The van der Waals surface area contributed by atoms with Crippen LogP contribution in [0.15, 0.2) is 30.6 Å². The molecule has 4 amide bonds. The number of imidazole rings is 1. The summed E-state index contributed by atoms with van der Waals surface area (Å²) >= 11 is 6.37. The van der Waals surface area contributed by atoms with Crippen LogP contribution >= 0.6 is 11.6 Å². The molecule has 3 fully saturated rings. The highest BCUT2D eigenvalue weighted by molar-refractivity contribution is 6.34. The first-order valence-corrected chi connectivity index (χ1v) is 15.9. The minimum absolute atomic E-state index is 0.0190. The predicted molar refractivity (Wildman–Crippen MR) is 169 cm³/mol. The Bertz CT molecular complexity index is 1790. The lowest BCUT2D eigenvalue weighted by Gasteiger charge is -2.33. The van der Waals surface area contributed by atoms with Crippen molar-refractivity contribution in [2.24, 2.45) is 7.05 Å². The summed E-state index contributed by atoms with van der Waals surface area (Å²) in [5.74, 6) is -4.70. The molecule has 276 valence electrons. The van der Waals surface area contributed by atoms with Gasteiger partial charge in [-0.15, -0.1) is 0 Å². The van der Waals surface area contributed by atoms with Gasteiger partial charge in [-0.3, -0.25) is 19.1 Å². The first-order valence-electron chi connectivity index (χ1n) is 15.5. The molecule has 15 nitrogen and oxygen atoms in total. The van der Waals surface area contributed by atoms with Gasteiger partial charge < -0.3 is 40.9 Å². The summed E-state index contributed by atoms with van der Waals surface area (Å²) in [6, 6.07) is 1.80. The number of β-amino-alcohol motifs (C(OH)–C–C–N with tert-alkyl or cyclic N) is 1. The van der Waals surface area contributed by atoms with Crippen molar-refractivity contribution in [3.8, 4) is 11.3 Å². The van der Waals surface area contributed by atoms with Gasteiger partial charge in [0.05, 0.1) is 40.2 Å². The quantitative estimate of drug-likeness (QED) is 0.156. The number of nitrogens with zero attached hydrogens (tertiary/aromatic N) is 5. The molecule has 21 heteroatoms. The standard InChI is InChI=1S/C29H31ClF5N9O4.CH2O2/c1-42-20(17-13-44(22-9-28(22,31)32)41-23(17)29(33,34)35)11-37-24(42)26(47)39-15-2-3-16(18(30)8-15)25(46)38-14-4-6-43(7-5-14)27(48)40-19-10-36-12-21(19)45;2-1-3/h2-3,8,11,13-14,19,21-22,36,45H,4-7,9-10,12H2,1H3,(H,38,46)(H,39,47)(H,40,48);1H,(H,2,3)/t19-,21-,22?;/m1./s1. The summed E-state index contributed by atoms with van der Waals surface area (Å²) in [4.78, 5) is 52.5. The number of aliphatic hydroxyl groups is 1. The molecule has 2 aliphatic heterocycles. The second-order valence-electron chi connectivity index (χ2n) is 12.1. The first kappa shape index (κ1) is 37.4. The van der Waals surface area contributed by atoms with E-state index in [1.165, 1.54) is 25.2 Å². The molecule has 4 heterocycles. The SMILES string of the molecule is Cn1c(-c2cn(C3CC3(F)F)nc2C(F)(F)F)cnc1C(=O)Nc1ccc(C(=O)NC2CCN(C(=O)N[C@@H]3CNC[C@H]3O)CC2)c(Cl)c1.O=CO. The van der Waals surface area contributed by atoms with E-state index in [4.69, 9.17) is 21.5 Å². The van der Waals surface area contributed by atoms with E-state index in [1.54, 1.807) is 4.90 Å². The molecule has 0 spiro atoms. The van der Waals surface area contributed by atoms with E-state index >= 15 is 0 Å². The third kappa shape index (κ3) is 8.39. The molecule has 6 rings (SSSR count). The molecule has 0 bridgehead atoms. The van der Waals surface area contributed by atoms with Crippen molar-refractivity contribution in [3.05, 3.63) is 52.7 Å². The van der Waals surface area contributed by atoms with Crippen LogP contribution < -0.4 is 21.3 Å². The number of urea groups is 1. The number of benzene rings is 1. The number of likely N-dealkylation sites (tertiary alicyclic amines) is 1. The van der Waals surface area contributed by atoms with Crippen molar-refractivity contribution in [1.29, 1.82) is 0 Å². The van der Waals surface area contributed by atoms with Gasteiger partial charge in [0.15, 0.2) is 11.5 Å². The monoisotopic (exact) mass is 745 g/mol. The molecule has 2 aromatic heterocycles. The minimum Gasteiger partial charge on any atom is -0.483 e. The van der Waals surface area contributed by atoms with Crippen LogP contribution in [0.1, 0.15) is 52.0 Å². The molecule has 51 heavy (non-hydrogen) atoms. The molecule has 1 aliphatic carbocycles. The van der Waals surface area contributed by atoms with Gasteiger partial charge in [-0.05, 0) is 31.0 Å². The van der Waals surface area contributed by atoms with E-state index in [1.807, 2.05) is 0 Å². The number of hydrogen-bond donors (Lipinski definition) is 6. The second kappa shape index (κ2) is 14.8. The number of carbonyl (C=O) groups is 4. The van der Waals surface area contributed by atoms with Crippen LogP contribution in [0.3, 0.4) is 0 Å². The molecule has 3 aromatic rings. The molecule has 1 unspecified atom stereocenters. The number of hydrogen-bond acceptors (Lipinski definition) is 8. The lowest BCUT2D eigenvalue weighted by atomic mass is 10.0. The highest BCUT2D eigenvalue weighted by atomic mass is 35.5. The van der Waals surface area contributed by atoms with Crippen LogP contribution in [-0.2, 0) is 18.0 Å². The fourth-order valence-electron chi connectivity index (χ4n) is 5.82. The number of aliphatic hydroxyl groups excluding tert-OH is 1. The molecule has 3 atom stereocenters. The van der Waals surface area contributed by atoms with Crippen LogP contribution in [0, 0.1) is 0 Å². The van der Waals surface area contributed by atoms with Gasteiger partial charge in [-0.1, -0.05) is 11.6 Å². The number of piperidine rings is 1. The highest BCUT2D eigenvalue weighted by Crippen LogP contribution is 2.53. The molecule has 1 aromatic carbocycles. The predicted octanol–water partition coefficient (Wildman–Crippen LogP) is 2.73. The Morgan fingerprint density at radius 3 is 2.35 bits per heavy atom. The lowest BCUT2D eigenvalue weighted by Crippen LogP contribution is -2.53. The third-order valence-corrected chi connectivity index (χ3v) is 8.97. The molecule has 6 N–H and O–H groups in total. The van der Waals surface area contributed by atoms with Gasteiger partial charge in [0.25, 0.3) is 24.2 Å². The number of rotatable bonds is 7. The number of alkyl halides is 5. The minimum atomic E-state index is -4.95.